The van der Waals surface area contributed by atoms with E-state index >= 15 is 0 Å². The van der Waals surface area contributed by atoms with E-state index in [1.807, 2.05) is 0 Å². The Kier molecular flexibility index (Phi) is 7.01. The predicted molar refractivity (Wildman–Crippen MR) is 88.3 cm³/mol. The van der Waals surface area contributed by atoms with Gasteiger partial charge in [-0.2, -0.15) is 0 Å². The zero-order chi connectivity index (χ0) is 15.1. The van der Waals surface area contributed by atoms with Crippen molar-refractivity contribution in [2.24, 2.45) is 5.92 Å². The first-order valence-corrected chi connectivity index (χ1v) is 9.27. The van der Waals surface area contributed by atoms with Crippen LogP contribution in [-0.2, 0) is 4.79 Å². The van der Waals surface area contributed by atoms with Gasteiger partial charge in [-0.05, 0) is 32.2 Å². The third-order valence-electron chi connectivity index (χ3n) is 5.31. The van der Waals surface area contributed by atoms with E-state index in [9.17, 15) is 4.79 Å². The highest BCUT2D eigenvalue weighted by Crippen LogP contribution is 2.31. The molecule has 21 heavy (non-hydrogen) atoms. The summed E-state index contributed by atoms with van der Waals surface area (Å²) in [4.78, 5) is 15.4. The maximum absolute atomic E-state index is 13.0. The molecule has 0 bridgehead atoms. The molecule has 0 radical (unpaired) electrons. The number of nitrogens with one attached hydrogen (secondary N) is 1. The lowest BCUT2D eigenvalue weighted by Crippen LogP contribution is -2.51. The SMILES string of the molecule is CCNCC(C)C(=O)N(C1CCCCC1)C1CCCCC1. The van der Waals surface area contributed by atoms with Gasteiger partial charge in [-0.3, -0.25) is 4.79 Å². The minimum atomic E-state index is 0.119. The highest BCUT2D eigenvalue weighted by molar-refractivity contribution is 5.79. The zero-order valence-electron chi connectivity index (χ0n) is 14.1. The quantitative estimate of drug-likeness (QED) is 0.809. The Morgan fingerprint density at radius 2 is 1.48 bits per heavy atom. The van der Waals surface area contributed by atoms with E-state index in [1.165, 1.54) is 64.2 Å². The summed E-state index contributed by atoms with van der Waals surface area (Å²) in [5, 5.41) is 3.34. The first kappa shape index (κ1) is 16.8. The number of amides is 1. The lowest BCUT2D eigenvalue weighted by molar-refractivity contribution is -0.141. The Balaban J connectivity index is 2.03. The molecule has 2 fully saturated rings. The molecule has 2 aliphatic rings. The van der Waals surface area contributed by atoms with Crippen molar-refractivity contribution < 1.29 is 4.79 Å². The molecule has 2 saturated carbocycles. The van der Waals surface area contributed by atoms with E-state index in [0.717, 1.165) is 13.1 Å². The van der Waals surface area contributed by atoms with Gasteiger partial charge in [0.15, 0.2) is 0 Å². The average molecular weight is 294 g/mol. The van der Waals surface area contributed by atoms with Gasteiger partial charge in [0, 0.05) is 24.5 Å². The van der Waals surface area contributed by atoms with Crippen LogP contribution in [0.2, 0.25) is 0 Å². The van der Waals surface area contributed by atoms with Gasteiger partial charge in [-0.25, -0.2) is 0 Å². The second-order valence-corrected chi connectivity index (χ2v) is 7.04. The fourth-order valence-corrected chi connectivity index (χ4v) is 4.08. The van der Waals surface area contributed by atoms with E-state index in [4.69, 9.17) is 0 Å². The number of hydrogen-bond donors (Lipinski definition) is 1. The zero-order valence-corrected chi connectivity index (χ0v) is 14.1. The second kappa shape index (κ2) is 8.77. The molecule has 0 aromatic heterocycles. The molecule has 0 heterocycles. The number of carbonyl (C=O) groups is 1. The first-order valence-electron chi connectivity index (χ1n) is 9.27. The van der Waals surface area contributed by atoms with Crippen molar-refractivity contribution in [2.75, 3.05) is 13.1 Å². The summed E-state index contributed by atoms with van der Waals surface area (Å²) in [5.74, 6) is 0.531. The Labute approximate surface area is 130 Å². The lowest BCUT2D eigenvalue weighted by atomic mass is 9.87. The molecular weight excluding hydrogens is 260 g/mol. The summed E-state index contributed by atoms with van der Waals surface area (Å²) in [6.45, 7) is 5.98. The molecular formula is C18H34N2O. The van der Waals surface area contributed by atoms with Gasteiger partial charge in [-0.1, -0.05) is 52.4 Å². The van der Waals surface area contributed by atoms with Crippen LogP contribution in [0.1, 0.15) is 78.1 Å². The van der Waals surface area contributed by atoms with E-state index in [1.54, 1.807) is 0 Å². The van der Waals surface area contributed by atoms with Gasteiger partial charge in [0.25, 0.3) is 0 Å². The average Bonchev–Trinajstić information content (AvgIpc) is 2.54. The van der Waals surface area contributed by atoms with Gasteiger partial charge in [0.1, 0.15) is 0 Å². The molecule has 0 aromatic carbocycles. The second-order valence-electron chi connectivity index (χ2n) is 7.04. The van der Waals surface area contributed by atoms with Crippen LogP contribution in [0.3, 0.4) is 0 Å². The fraction of sp³-hybridized carbons (Fsp3) is 0.944. The molecule has 2 rings (SSSR count). The summed E-state index contributed by atoms with van der Waals surface area (Å²) in [5.41, 5.74) is 0. The standard InChI is InChI=1S/C18H34N2O/c1-3-19-14-15(2)18(21)20(16-10-6-4-7-11-16)17-12-8-5-9-13-17/h15-17,19H,3-14H2,1-2H3. The number of nitrogens with zero attached hydrogens (tertiary/aromatic N) is 1. The van der Waals surface area contributed by atoms with E-state index in [0.29, 0.717) is 18.0 Å². The molecule has 122 valence electrons. The van der Waals surface area contributed by atoms with E-state index < -0.39 is 0 Å². The minimum Gasteiger partial charge on any atom is -0.336 e. The maximum Gasteiger partial charge on any atom is 0.227 e. The number of hydrogen-bond acceptors (Lipinski definition) is 2. The third kappa shape index (κ3) is 4.70. The van der Waals surface area contributed by atoms with Gasteiger partial charge in [-0.15, -0.1) is 0 Å². The lowest BCUT2D eigenvalue weighted by Gasteiger charge is -2.43. The fourth-order valence-electron chi connectivity index (χ4n) is 4.08. The van der Waals surface area contributed by atoms with Crippen molar-refractivity contribution in [2.45, 2.75) is 90.1 Å². The Morgan fingerprint density at radius 1 is 1.00 bits per heavy atom. The van der Waals surface area contributed by atoms with Crippen LogP contribution in [-0.4, -0.2) is 36.0 Å². The summed E-state index contributed by atoms with van der Waals surface area (Å²) in [7, 11) is 0. The van der Waals surface area contributed by atoms with Gasteiger partial charge in [0.05, 0.1) is 0 Å². The molecule has 0 spiro atoms. The molecule has 0 aliphatic heterocycles. The molecule has 1 atom stereocenters. The topological polar surface area (TPSA) is 32.3 Å². The van der Waals surface area contributed by atoms with Crippen molar-refractivity contribution in [3.05, 3.63) is 0 Å². The molecule has 3 heteroatoms. The maximum atomic E-state index is 13.0. The van der Waals surface area contributed by atoms with Crippen LogP contribution in [0.15, 0.2) is 0 Å². The minimum absolute atomic E-state index is 0.119. The highest BCUT2D eigenvalue weighted by atomic mass is 16.2. The van der Waals surface area contributed by atoms with Crippen molar-refractivity contribution in [1.29, 1.82) is 0 Å². The van der Waals surface area contributed by atoms with Crippen LogP contribution < -0.4 is 5.32 Å². The Bertz CT molecular complexity index is 288. The van der Waals surface area contributed by atoms with Crippen molar-refractivity contribution in [3.63, 3.8) is 0 Å². The van der Waals surface area contributed by atoms with E-state index in [-0.39, 0.29) is 5.92 Å². The smallest absolute Gasteiger partial charge is 0.227 e. The van der Waals surface area contributed by atoms with Crippen molar-refractivity contribution in [1.82, 2.24) is 10.2 Å². The molecule has 1 amide bonds. The van der Waals surface area contributed by atoms with Gasteiger partial charge in [0.2, 0.25) is 5.91 Å². The molecule has 1 N–H and O–H groups in total. The molecule has 2 aliphatic carbocycles. The third-order valence-corrected chi connectivity index (χ3v) is 5.31. The van der Waals surface area contributed by atoms with Crippen LogP contribution in [0, 0.1) is 5.92 Å². The summed E-state index contributed by atoms with van der Waals surface area (Å²) >= 11 is 0. The summed E-state index contributed by atoms with van der Waals surface area (Å²) < 4.78 is 0. The van der Waals surface area contributed by atoms with Gasteiger partial charge >= 0.3 is 0 Å². The van der Waals surface area contributed by atoms with Crippen molar-refractivity contribution in [3.8, 4) is 0 Å². The molecule has 1 unspecified atom stereocenters. The first-order chi connectivity index (χ1) is 10.2. The summed E-state index contributed by atoms with van der Waals surface area (Å²) in [6.07, 6.45) is 12.9. The molecule has 0 aromatic rings. The number of rotatable bonds is 6. The van der Waals surface area contributed by atoms with Crippen LogP contribution in [0.25, 0.3) is 0 Å². The Hall–Kier alpha value is -0.570. The van der Waals surface area contributed by atoms with E-state index in [2.05, 4.69) is 24.1 Å². The van der Waals surface area contributed by atoms with Crippen LogP contribution in [0.4, 0.5) is 0 Å². The molecule has 0 saturated heterocycles. The molecule has 3 nitrogen and oxygen atoms in total. The monoisotopic (exact) mass is 294 g/mol. The predicted octanol–water partition coefficient (Wildman–Crippen LogP) is 3.73. The van der Waals surface area contributed by atoms with Crippen molar-refractivity contribution >= 4 is 5.91 Å². The van der Waals surface area contributed by atoms with Crippen LogP contribution in [0.5, 0.6) is 0 Å². The Morgan fingerprint density at radius 3 is 1.90 bits per heavy atom. The van der Waals surface area contributed by atoms with Crippen LogP contribution >= 0.6 is 0 Å². The number of carbonyl (C=O) groups excluding carboxylic acids is 1. The normalized spacial score (nSPS) is 23.0. The summed E-state index contributed by atoms with van der Waals surface area (Å²) in [6, 6.07) is 1.05. The highest BCUT2D eigenvalue weighted by Gasteiger charge is 2.34. The largest absolute Gasteiger partial charge is 0.336 e. The van der Waals surface area contributed by atoms with Gasteiger partial charge < -0.3 is 10.2 Å².